The number of aryl methyl sites for hydroxylation is 1. The van der Waals surface area contributed by atoms with Gasteiger partial charge < -0.3 is 9.64 Å². The van der Waals surface area contributed by atoms with Crippen molar-refractivity contribution in [2.24, 2.45) is 0 Å². The molecule has 1 atom stereocenters. The van der Waals surface area contributed by atoms with E-state index in [0.717, 1.165) is 42.0 Å². The van der Waals surface area contributed by atoms with Gasteiger partial charge in [-0.1, -0.05) is 41.9 Å². The van der Waals surface area contributed by atoms with E-state index in [0.29, 0.717) is 0 Å². The standard InChI is InChI=1S/C27H24N2O2S/c30-27-17-26(32-28-27)19-10-12-20(13-11-19)31-25-15-14-21-22(25)7-3-9-24(21)29-16-4-6-18-5-1-2-8-23(18)29/h1-3,5,7-13,17,25H,4,6,14-16H2,(H,28,30)/t25-/m1/s1. The van der Waals surface area contributed by atoms with Crippen LogP contribution in [0, 0.1) is 0 Å². The second kappa shape index (κ2) is 7.99. The van der Waals surface area contributed by atoms with Gasteiger partial charge in [-0.2, -0.15) is 0 Å². The van der Waals surface area contributed by atoms with Crippen LogP contribution in [0.1, 0.15) is 35.6 Å². The number of anilines is 2. The van der Waals surface area contributed by atoms with Gasteiger partial charge >= 0.3 is 0 Å². The highest BCUT2D eigenvalue weighted by molar-refractivity contribution is 7.09. The maximum absolute atomic E-state index is 11.4. The van der Waals surface area contributed by atoms with Crippen molar-refractivity contribution >= 4 is 22.9 Å². The van der Waals surface area contributed by atoms with Crippen LogP contribution < -0.4 is 15.2 Å². The van der Waals surface area contributed by atoms with E-state index in [1.807, 2.05) is 24.3 Å². The summed E-state index contributed by atoms with van der Waals surface area (Å²) in [5, 5.41) is 0. The van der Waals surface area contributed by atoms with Gasteiger partial charge in [0.05, 0.1) is 4.88 Å². The fourth-order valence-corrected chi connectivity index (χ4v) is 5.73. The topological polar surface area (TPSA) is 45.3 Å². The number of hydrogen-bond donors (Lipinski definition) is 1. The van der Waals surface area contributed by atoms with Crippen LogP contribution in [0.5, 0.6) is 5.75 Å². The minimum absolute atomic E-state index is 0.0555. The van der Waals surface area contributed by atoms with Gasteiger partial charge in [0.25, 0.3) is 5.56 Å². The first-order chi connectivity index (χ1) is 15.8. The van der Waals surface area contributed by atoms with Crippen LogP contribution in [0.25, 0.3) is 10.4 Å². The molecule has 1 aliphatic carbocycles. The minimum Gasteiger partial charge on any atom is -0.486 e. The predicted octanol–water partition coefficient (Wildman–Crippen LogP) is 6.25. The van der Waals surface area contributed by atoms with Crippen molar-refractivity contribution in [1.82, 2.24) is 4.37 Å². The molecule has 160 valence electrons. The molecule has 3 aromatic carbocycles. The summed E-state index contributed by atoms with van der Waals surface area (Å²) in [5.74, 6) is 0.864. The molecule has 1 N–H and O–H groups in total. The monoisotopic (exact) mass is 440 g/mol. The summed E-state index contributed by atoms with van der Waals surface area (Å²) in [6, 6.07) is 25.1. The molecule has 1 aromatic heterocycles. The third-order valence-corrected chi connectivity index (χ3v) is 7.41. The van der Waals surface area contributed by atoms with E-state index in [2.05, 4.69) is 51.7 Å². The summed E-state index contributed by atoms with van der Waals surface area (Å²) in [5.41, 5.74) is 7.81. The Morgan fingerprint density at radius 3 is 2.62 bits per heavy atom. The normalized spacial score (nSPS) is 17.1. The Labute approximate surface area is 191 Å². The first-order valence-electron chi connectivity index (χ1n) is 11.2. The molecule has 6 rings (SSSR count). The number of fused-ring (bicyclic) bond motifs is 2. The summed E-state index contributed by atoms with van der Waals surface area (Å²) in [7, 11) is 0. The van der Waals surface area contributed by atoms with Crippen molar-refractivity contribution in [2.75, 3.05) is 11.4 Å². The zero-order valence-corrected chi connectivity index (χ0v) is 18.5. The fraction of sp³-hybridized carbons (Fsp3) is 0.222. The molecule has 32 heavy (non-hydrogen) atoms. The van der Waals surface area contributed by atoms with Crippen molar-refractivity contribution in [3.8, 4) is 16.2 Å². The second-order valence-corrected chi connectivity index (χ2v) is 9.32. The van der Waals surface area contributed by atoms with Crippen molar-refractivity contribution < 1.29 is 4.74 Å². The van der Waals surface area contributed by atoms with Crippen LogP contribution in [0.15, 0.2) is 77.6 Å². The van der Waals surface area contributed by atoms with Gasteiger partial charge in [0, 0.05) is 24.0 Å². The van der Waals surface area contributed by atoms with Gasteiger partial charge in [-0.15, -0.1) is 0 Å². The van der Waals surface area contributed by atoms with E-state index in [4.69, 9.17) is 4.74 Å². The smallest absolute Gasteiger partial charge is 0.258 e. The molecule has 0 radical (unpaired) electrons. The first-order valence-corrected chi connectivity index (χ1v) is 12.0. The molecule has 0 spiro atoms. The van der Waals surface area contributed by atoms with Gasteiger partial charge in [-0.25, -0.2) is 0 Å². The van der Waals surface area contributed by atoms with Crippen LogP contribution >= 0.6 is 11.5 Å². The van der Waals surface area contributed by atoms with Gasteiger partial charge in [-0.05, 0) is 84.3 Å². The lowest BCUT2D eigenvalue weighted by Crippen LogP contribution is -2.25. The number of H-pyrrole nitrogens is 1. The molecule has 0 amide bonds. The number of rotatable bonds is 4. The number of nitrogens with zero attached hydrogens (tertiary/aromatic N) is 1. The molecule has 2 aliphatic rings. The van der Waals surface area contributed by atoms with Crippen molar-refractivity contribution in [3.63, 3.8) is 0 Å². The molecule has 2 heterocycles. The molecular weight excluding hydrogens is 416 g/mol. The third-order valence-electron chi connectivity index (χ3n) is 6.53. The van der Waals surface area contributed by atoms with Gasteiger partial charge in [-0.3, -0.25) is 9.17 Å². The Bertz CT molecular complexity index is 1320. The second-order valence-electron chi connectivity index (χ2n) is 8.48. The van der Waals surface area contributed by atoms with Gasteiger partial charge in [0.1, 0.15) is 11.9 Å². The van der Waals surface area contributed by atoms with Crippen LogP contribution in [0.4, 0.5) is 11.4 Å². The van der Waals surface area contributed by atoms with E-state index in [9.17, 15) is 4.79 Å². The predicted molar refractivity (Wildman–Crippen MR) is 130 cm³/mol. The highest BCUT2D eigenvalue weighted by Crippen LogP contribution is 2.43. The van der Waals surface area contributed by atoms with Crippen LogP contribution in [0.3, 0.4) is 0 Å². The molecule has 0 saturated heterocycles. The van der Waals surface area contributed by atoms with E-state index in [1.54, 1.807) is 6.07 Å². The first kappa shape index (κ1) is 19.4. The van der Waals surface area contributed by atoms with Crippen LogP contribution in [0.2, 0.25) is 0 Å². The fourth-order valence-electron chi connectivity index (χ4n) is 5.04. The van der Waals surface area contributed by atoms with E-state index >= 15 is 0 Å². The lowest BCUT2D eigenvalue weighted by Gasteiger charge is -2.33. The number of aromatic amines is 1. The maximum Gasteiger partial charge on any atom is 0.258 e. The molecule has 0 unspecified atom stereocenters. The van der Waals surface area contributed by atoms with Crippen molar-refractivity contribution in [2.45, 2.75) is 31.8 Å². The van der Waals surface area contributed by atoms with Crippen molar-refractivity contribution in [3.05, 3.63) is 99.8 Å². The summed E-state index contributed by atoms with van der Waals surface area (Å²) in [6.45, 7) is 1.06. The Balaban J connectivity index is 1.26. The summed E-state index contributed by atoms with van der Waals surface area (Å²) in [6.07, 6.45) is 4.43. The van der Waals surface area contributed by atoms with Crippen LogP contribution in [-0.4, -0.2) is 10.9 Å². The summed E-state index contributed by atoms with van der Waals surface area (Å²) in [4.78, 5) is 14.9. The SMILES string of the molecule is O=c1cc(-c2ccc(O[C@@H]3CCc4c3cccc4N3CCCc4ccccc43)cc2)s[nH]1. The average Bonchev–Trinajstić information content (AvgIpc) is 3.46. The number of benzene rings is 3. The van der Waals surface area contributed by atoms with Crippen LogP contribution in [-0.2, 0) is 12.8 Å². The minimum atomic E-state index is -0.0555. The lowest BCUT2D eigenvalue weighted by molar-refractivity contribution is 0.207. The maximum atomic E-state index is 11.4. The van der Waals surface area contributed by atoms with Gasteiger partial charge in [0.2, 0.25) is 0 Å². The van der Waals surface area contributed by atoms with E-state index in [-0.39, 0.29) is 11.7 Å². The molecule has 5 heteroatoms. The molecule has 4 aromatic rings. The number of nitrogens with one attached hydrogen (secondary N) is 1. The molecular formula is C27H24N2O2S. The van der Waals surface area contributed by atoms with E-state index < -0.39 is 0 Å². The highest BCUT2D eigenvalue weighted by Gasteiger charge is 2.29. The lowest BCUT2D eigenvalue weighted by atomic mass is 9.99. The number of hydrogen-bond acceptors (Lipinski definition) is 4. The number of para-hydroxylation sites is 1. The molecule has 0 bridgehead atoms. The zero-order chi connectivity index (χ0) is 21.5. The highest BCUT2D eigenvalue weighted by atomic mass is 32.1. The van der Waals surface area contributed by atoms with E-state index in [1.165, 1.54) is 46.0 Å². The molecule has 1 aliphatic heterocycles. The summed E-state index contributed by atoms with van der Waals surface area (Å²) < 4.78 is 9.17. The molecule has 0 saturated carbocycles. The quantitative estimate of drug-likeness (QED) is 0.408. The Morgan fingerprint density at radius 2 is 1.78 bits per heavy atom. The number of aromatic nitrogens is 1. The Kier molecular flexibility index (Phi) is 4.84. The largest absolute Gasteiger partial charge is 0.486 e. The zero-order valence-electron chi connectivity index (χ0n) is 17.7. The molecule has 4 nitrogen and oxygen atoms in total. The Morgan fingerprint density at radius 1 is 0.938 bits per heavy atom. The molecule has 0 fully saturated rings. The Hall–Kier alpha value is -3.31. The third kappa shape index (κ3) is 3.43. The van der Waals surface area contributed by atoms with Gasteiger partial charge in [0.15, 0.2) is 0 Å². The summed E-state index contributed by atoms with van der Waals surface area (Å²) >= 11 is 1.36. The van der Waals surface area contributed by atoms with Crippen molar-refractivity contribution in [1.29, 1.82) is 0 Å². The number of ether oxygens (including phenoxy) is 1. The average molecular weight is 441 g/mol.